The lowest BCUT2D eigenvalue weighted by Crippen LogP contribution is -2.72. The Hall–Kier alpha value is -3.25. The van der Waals surface area contributed by atoms with Crippen molar-refractivity contribution in [3.63, 3.8) is 0 Å². The van der Waals surface area contributed by atoms with Crippen molar-refractivity contribution in [3.05, 3.63) is 118 Å². The van der Waals surface area contributed by atoms with Gasteiger partial charge >= 0.3 is 0 Å². The molecule has 2 saturated carbocycles. The number of benzene rings is 1. The van der Waals surface area contributed by atoms with Crippen LogP contribution in [0.1, 0.15) is 76.8 Å². The largest absolute Gasteiger partial charge is 0.396 e. The number of ether oxygens (including phenoxy) is 2. The molecule has 322 valence electrons. The topological polar surface area (TPSA) is 141 Å². The fourth-order valence-corrected chi connectivity index (χ4v) is 11.9. The van der Waals surface area contributed by atoms with Gasteiger partial charge in [-0.25, -0.2) is 0 Å². The van der Waals surface area contributed by atoms with Gasteiger partial charge in [0.05, 0.1) is 17.8 Å². The second-order valence-corrected chi connectivity index (χ2v) is 18.5. The van der Waals surface area contributed by atoms with Crippen LogP contribution in [0.2, 0.25) is 0 Å². The standard InChI is InChI=1S/C50H70N2O7/c1-35-13-14-40(28-38-10-8-11-39(27-38)29-46(4,52-31-35)23-26-58-6)36(2)9-7-12-42(33-59-34-55)43-16-18-49-45-44(37(3)32-54)41(30-48(49,56)21-24-51-5)15-17-47(45,22-25-53)19-20-50(43,49)57/h7-13,15,17,19-20,27,32,40-41,43,45,51-53,55-57H,2,14,16,18,21-26,28-31,33-34H2,1,3-6H3/t40-,41-,43-,45+,46+,47-,48-,49+,50-/m1/s1. The summed E-state index contributed by atoms with van der Waals surface area (Å²) in [7, 11) is 3.63. The minimum atomic E-state index is -1.52. The minimum absolute atomic E-state index is 0.0761. The maximum absolute atomic E-state index is 13.5. The SMILES string of the molecule is C=C(C=CC=C(COCO)[C@H]1CC[C@@]23[C@H]4C(=C(C)C=O)[C@H](C=C[C@]4(CCO)C=C[C@@]12O)C[C@]3(O)CCNC)[C@@H]1CC=C(C)CN[C@@](C)(CCOC)Cc2cccc(c2)C1. The number of carbonyl (C=O) groups excluding carboxylic acids is 1. The molecular weight excluding hydrogens is 741 g/mol. The number of carbonyl (C=O) groups is 1. The van der Waals surface area contributed by atoms with Gasteiger partial charge in [-0.3, -0.25) is 4.79 Å². The van der Waals surface area contributed by atoms with Gasteiger partial charge < -0.3 is 40.5 Å². The Morgan fingerprint density at radius 1 is 1.12 bits per heavy atom. The summed E-state index contributed by atoms with van der Waals surface area (Å²) in [6, 6.07) is 8.89. The summed E-state index contributed by atoms with van der Waals surface area (Å²) in [4.78, 5) is 12.6. The summed E-state index contributed by atoms with van der Waals surface area (Å²) in [5, 5.41) is 54.0. The molecule has 0 radical (unpaired) electrons. The highest BCUT2D eigenvalue weighted by molar-refractivity contribution is 5.75. The van der Waals surface area contributed by atoms with Crippen LogP contribution in [0.25, 0.3) is 0 Å². The molecule has 1 spiro atoms. The van der Waals surface area contributed by atoms with E-state index in [0.29, 0.717) is 50.8 Å². The number of hydrogen-bond acceptors (Lipinski definition) is 9. The fourth-order valence-electron chi connectivity index (χ4n) is 11.9. The van der Waals surface area contributed by atoms with Crippen molar-refractivity contribution in [2.75, 3.05) is 53.9 Å². The first-order valence-electron chi connectivity index (χ1n) is 21.8. The molecule has 9 heteroatoms. The maximum atomic E-state index is 13.5. The van der Waals surface area contributed by atoms with Crippen molar-refractivity contribution in [2.45, 2.75) is 95.3 Å². The number of nitrogens with one attached hydrogen (secondary N) is 2. The molecule has 2 fully saturated rings. The molecule has 1 aromatic rings. The Balaban J connectivity index is 1.36. The molecule has 4 aliphatic carbocycles. The molecule has 0 aromatic heterocycles. The molecule has 6 N–H and O–H groups in total. The lowest BCUT2D eigenvalue weighted by Gasteiger charge is -2.68. The maximum Gasteiger partial charge on any atom is 0.145 e. The van der Waals surface area contributed by atoms with E-state index in [4.69, 9.17) is 9.47 Å². The van der Waals surface area contributed by atoms with E-state index in [1.807, 2.05) is 38.3 Å². The van der Waals surface area contributed by atoms with Gasteiger partial charge in [-0.1, -0.05) is 96.2 Å². The van der Waals surface area contributed by atoms with Gasteiger partial charge in [0.15, 0.2) is 0 Å². The molecule has 1 heterocycles. The highest BCUT2D eigenvalue weighted by atomic mass is 16.6. The Morgan fingerprint density at radius 3 is 2.64 bits per heavy atom. The molecule has 4 bridgehead atoms. The van der Waals surface area contributed by atoms with Crippen molar-refractivity contribution >= 4 is 6.29 Å². The van der Waals surface area contributed by atoms with Crippen molar-refractivity contribution in [2.24, 2.45) is 34.5 Å². The Labute approximate surface area is 352 Å². The first-order valence-corrected chi connectivity index (χ1v) is 21.8. The van der Waals surface area contributed by atoms with Crippen LogP contribution >= 0.6 is 0 Å². The molecule has 1 aliphatic heterocycles. The van der Waals surface area contributed by atoms with Crippen molar-refractivity contribution < 1.29 is 34.7 Å². The Kier molecular flexibility index (Phi) is 14.4. The van der Waals surface area contributed by atoms with Crippen LogP contribution in [0.5, 0.6) is 0 Å². The van der Waals surface area contributed by atoms with Crippen molar-refractivity contribution in [3.8, 4) is 0 Å². The summed E-state index contributed by atoms with van der Waals surface area (Å²) >= 11 is 0. The number of rotatable bonds is 16. The molecular formula is C50H70N2O7. The van der Waals surface area contributed by atoms with Crippen LogP contribution < -0.4 is 10.6 Å². The molecule has 6 rings (SSSR count). The lowest BCUT2D eigenvalue weighted by atomic mass is 9.37. The average Bonchev–Trinajstić information content (AvgIpc) is 3.54. The first-order chi connectivity index (χ1) is 28.3. The second-order valence-electron chi connectivity index (χ2n) is 18.5. The third-order valence-electron chi connectivity index (χ3n) is 14.9. The van der Waals surface area contributed by atoms with E-state index in [2.05, 4.69) is 79.6 Å². The van der Waals surface area contributed by atoms with Crippen LogP contribution in [-0.2, 0) is 27.1 Å². The van der Waals surface area contributed by atoms with Crippen LogP contribution in [0.15, 0.2) is 107 Å². The summed E-state index contributed by atoms with van der Waals surface area (Å²) in [5.41, 5.74) is 2.60. The number of methoxy groups -OCH3 is 1. The van der Waals surface area contributed by atoms with Crippen LogP contribution in [-0.4, -0.2) is 97.3 Å². The van der Waals surface area contributed by atoms with Gasteiger partial charge in [0.2, 0.25) is 0 Å². The second kappa shape index (κ2) is 18.8. The Morgan fingerprint density at radius 2 is 1.92 bits per heavy atom. The summed E-state index contributed by atoms with van der Waals surface area (Å²) in [5.74, 6) is -0.855. The fraction of sp³-hybridized carbons (Fsp3) is 0.580. The Bertz CT molecular complexity index is 1880. The van der Waals surface area contributed by atoms with E-state index in [-0.39, 0.29) is 30.6 Å². The van der Waals surface area contributed by atoms with E-state index in [1.54, 1.807) is 7.11 Å². The number of hydrogen-bond donors (Lipinski definition) is 6. The van der Waals surface area contributed by atoms with Gasteiger partial charge in [0.25, 0.3) is 0 Å². The molecule has 9 nitrogen and oxygen atoms in total. The monoisotopic (exact) mass is 811 g/mol. The third kappa shape index (κ3) is 8.64. The molecule has 0 saturated heterocycles. The highest BCUT2D eigenvalue weighted by Gasteiger charge is 2.77. The van der Waals surface area contributed by atoms with Crippen LogP contribution in [0.4, 0.5) is 0 Å². The predicted octanol–water partition coefficient (Wildman–Crippen LogP) is 6.26. The van der Waals surface area contributed by atoms with Crippen molar-refractivity contribution in [1.29, 1.82) is 0 Å². The minimum Gasteiger partial charge on any atom is -0.396 e. The van der Waals surface area contributed by atoms with Gasteiger partial charge in [0, 0.05) is 61.0 Å². The van der Waals surface area contributed by atoms with Gasteiger partial charge in [0.1, 0.15) is 13.1 Å². The smallest absolute Gasteiger partial charge is 0.145 e. The van der Waals surface area contributed by atoms with Gasteiger partial charge in [-0.15, -0.1) is 0 Å². The van der Waals surface area contributed by atoms with Crippen molar-refractivity contribution in [1.82, 2.24) is 10.6 Å². The molecule has 5 aliphatic rings. The third-order valence-corrected chi connectivity index (χ3v) is 14.9. The zero-order valence-electron chi connectivity index (χ0n) is 36.1. The van der Waals surface area contributed by atoms with E-state index >= 15 is 0 Å². The molecule has 0 amide bonds. The highest BCUT2D eigenvalue weighted by Crippen LogP contribution is 2.75. The van der Waals surface area contributed by atoms with E-state index in [9.17, 15) is 25.2 Å². The van der Waals surface area contributed by atoms with Crippen LogP contribution in [0.3, 0.4) is 0 Å². The number of aliphatic hydroxyl groups is 4. The summed E-state index contributed by atoms with van der Waals surface area (Å²) in [6.07, 6.45) is 23.3. The van der Waals surface area contributed by atoms with Gasteiger partial charge in [-0.2, -0.15) is 0 Å². The van der Waals surface area contributed by atoms with E-state index in [0.717, 1.165) is 55.2 Å². The normalized spacial score (nSPS) is 36.4. The number of aliphatic hydroxyl groups excluding tert-OH is 2. The summed E-state index contributed by atoms with van der Waals surface area (Å²) in [6.45, 7) is 12.5. The summed E-state index contributed by atoms with van der Waals surface area (Å²) < 4.78 is 11.2. The zero-order valence-corrected chi connectivity index (χ0v) is 36.1. The van der Waals surface area contributed by atoms with E-state index < -0.39 is 40.7 Å². The zero-order chi connectivity index (χ0) is 42.5. The first kappa shape index (κ1) is 45.3. The van der Waals surface area contributed by atoms with E-state index in [1.165, 1.54) is 16.7 Å². The molecule has 59 heavy (non-hydrogen) atoms. The molecule has 9 atom stereocenters. The lowest BCUT2D eigenvalue weighted by molar-refractivity contribution is -0.233. The molecule has 1 aromatic carbocycles. The van der Waals surface area contributed by atoms with Gasteiger partial charge in [-0.05, 0) is 120 Å². The average molecular weight is 811 g/mol. The number of allylic oxidation sites excluding steroid dienone is 10. The quantitative estimate of drug-likeness (QED) is 0.0376. The number of aldehydes is 1. The predicted molar refractivity (Wildman–Crippen MR) is 234 cm³/mol. The number of fused-ring (bicyclic) bond motifs is 3. The van der Waals surface area contributed by atoms with Crippen LogP contribution in [0, 0.1) is 34.5 Å². The molecule has 0 unspecified atom stereocenters.